The van der Waals surface area contributed by atoms with E-state index in [0.29, 0.717) is 0 Å². The molecule has 1 unspecified atom stereocenters. The van der Waals surface area contributed by atoms with Crippen molar-refractivity contribution in [2.75, 3.05) is 20.1 Å². The molecule has 0 aromatic heterocycles. The van der Waals surface area contributed by atoms with E-state index in [0.717, 1.165) is 25.9 Å². The molecule has 1 aliphatic rings. The summed E-state index contributed by atoms with van der Waals surface area (Å²) in [5, 5.41) is 0. The molecule has 4 heteroatoms. The average Bonchev–Trinajstić information content (AvgIpc) is 2.52. The Bertz CT molecular complexity index is 278. The van der Waals surface area contributed by atoms with E-state index in [4.69, 9.17) is 0 Å². The zero-order valence-electron chi connectivity index (χ0n) is 9.04. The summed E-state index contributed by atoms with van der Waals surface area (Å²) in [4.78, 5) is 0. The first-order valence-corrected chi connectivity index (χ1v) is 6.29. The Morgan fingerprint density at radius 3 is 2.00 bits per heavy atom. The molecule has 0 amide bonds. The zero-order chi connectivity index (χ0) is 10.1. The van der Waals surface area contributed by atoms with Gasteiger partial charge in [0.05, 0.1) is 4.75 Å². The van der Waals surface area contributed by atoms with E-state index in [1.54, 1.807) is 7.05 Å². The molecule has 1 rings (SSSR count). The van der Waals surface area contributed by atoms with Crippen LogP contribution in [0, 0.1) is 0 Å². The van der Waals surface area contributed by atoms with Crippen molar-refractivity contribution in [1.82, 2.24) is 4.31 Å². The lowest BCUT2D eigenvalue weighted by Gasteiger charge is -2.30. The molecular formula is C9H20N2OS. The molecule has 1 saturated heterocycles. The standard InChI is InChI=1S/C9H20N2OS/c1-9(2,3)13(12,10-4)11-7-5-6-8-11/h5-8H2,1-4H3. The van der Waals surface area contributed by atoms with Gasteiger partial charge in [0.25, 0.3) is 0 Å². The lowest BCUT2D eigenvalue weighted by molar-refractivity contribution is 0.501. The molecular weight excluding hydrogens is 184 g/mol. The number of hydrogen-bond acceptors (Lipinski definition) is 2. The maximum Gasteiger partial charge on any atom is 0.115 e. The number of rotatable bonds is 1. The third kappa shape index (κ3) is 1.89. The van der Waals surface area contributed by atoms with Gasteiger partial charge in [-0.15, -0.1) is 0 Å². The Labute approximate surface area is 81.8 Å². The Balaban J connectivity index is 3.02. The molecule has 13 heavy (non-hydrogen) atoms. The van der Waals surface area contributed by atoms with Crippen LogP contribution in [0.4, 0.5) is 0 Å². The van der Waals surface area contributed by atoms with Crippen LogP contribution in [-0.4, -0.2) is 33.4 Å². The van der Waals surface area contributed by atoms with Gasteiger partial charge in [0.1, 0.15) is 9.92 Å². The molecule has 0 spiro atoms. The van der Waals surface area contributed by atoms with Crippen molar-refractivity contribution in [3.05, 3.63) is 0 Å². The summed E-state index contributed by atoms with van der Waals surface area (Å²) in [6.07, 6.45) is 2.31. The van der Waals surface area contributed by atoms with Gasteiger partial charge in [0.2, 0.25) is 0 Å². The second-order valence-corrected chi connectivity index (χ2v) is 7.53. The number of hydrogen-bond donors (Lipinski definition) is 0. The topological polar surface area (TPSA) is 32.7 Å². The summed E-state index contributed by atoms with van der Waals surface area (Å²) in [5.41, 5.74) is 0. The monoisotopic (exact) mass is 204 g/mol. The molecule has 78 valence electrons. The highest BCUT2D eigenvalue weighted by Crippen LogP contribution is 2.26. The second-order valence-electron chi connectivity index (χ2n) is 4.43. The van der Waals surface area contributed by atoms with Crippen LogP contribution in [0.5, 0.6) is 0 Å². The predicted octanol–water partition coefficient (Wildman–Crippen LogP) is 1.89. The lowest BCUT2D eigenvalue weighted by Crippen LogP contribution is -2.41. The summed E-state index contributed by atoms with van der Waals surface area (Å²) in [6, 6.07) is 0. The largest absolute Gasteiger partial charge is 0.233 e. The quantitative estimate of drug-likeness (QED) is 0.642. The molecule has 0 aliphatic carbocycles. The SMILES string of the molecule is CN=S(=O)(N1CCCC1)C(C)(C)C. The fourth-order valence-electron chi connectivity index (χ4n) is 1.71. The predicted molar refractivity (Wildman–Crippen MR) is 57.1 cm³/mol. The van der Waals surface area contributed by atoms with Crippen LogP contribution >= 0.6 is 0 Å². The summed E-state index contributed by atoms with van der Waals surface area (Å²) in [6.45, 7) is 7.88. The maximum absolute atomic E-state index is 12.5. The summed E-state index contributed by atoms with van der Waals surface area (Å²) >= 11 is 0. The Morgan fingerprint density at radius 2 is 1.69 bits per heavy atom. The van der Waals surface area contributed by atoms with Crippen molar-refractivity contribution in [3.8, 4) is 0 Å². The van der Waals surface area contributed by atoms with Crippen LogP contribution in [0.3, 0.4) is 0 Å². The lowest BCUT2D eigenvalue weighted by atomic mass is 10.3. The van der Waals surface area contributed by atoms with Crippen LogP contribution in [-0.2, 0) is 9.92 Å². The van der Waals surface area contributed by atoms with Crippen molar-refractivity contribution in [2.45, 2.75) is 38.4 Å². The molecule has 1 atom stereocenters. The molecule has 1 heterocycles. The Kier molecular flexibility index (Phi) is 3.02. The van der Waals surface area contributed by atoms with Crippen molar-refractivity contribution in [3.63, 3.8) is 0 Å². The third-order valence-electron chi connectivity index (χ3n) is 2.46. The first kappa shape index (κ1) is 11.0. The van der Waals surface area contributed by atoms with Crippen molar-refractivity contribution < 1.29 is 4.21 Å². The minimum atomic E-state index is -2.16. The Hall–Kier alpha value is -0.0900. The minimum Gasteiger partial charge on any atom is -0.233 e. The van der Waals surface area contributed by atoms with Crippen LogP contribution in [0.2, 0.25) is 0 Å². The Morgan fingerprint density at radius 1 is 1.23 bits per heavy atom. The van der Waals surface area contributed by atoms with Crippen molar-refractivity contribution in [1.29, 1.82) is 0 Å². The first-order valence-electron chi connectivity index (χ1n) is 4.82. The smallest absolute Gasteiger partial charge is 0.115 e. The van der Waals surface area contributed by atoms with E-state index < -0.39 is 9.92 Å². The van der Waals surface area contributed by atoms with Crippen molar-refractivity contribution >= 4 is 9.92 Å². The van der Waals surface area contributed by atoms with Gasteiger partial charge in [-0.05, 0) is 33.6 Å². The molecule has 0 saturated carbocycles. The van der Waals surface area contributed by atoms with Crippen LogP contribution in [0.1, 0.15) is 33.6 Å². The van der Waals surface area contributed by atoms with Gasteiger partial charge >= 0.3 is 0 Å². The highest BCUT2D eigenvalue weighted by Gasteiger charge is 2.33. The molecule has 0 radical (unpaired) electrons. The van der Waals surface area contributed by atoms with Crippen LogP contribution < -0.4 is 0 Å². The summed E-state index contributed by atoms with van der Waals surface area (Å²) < 4.78 is 18.5. The minimum absolute atomic E-state index is 0.244. The van der Waals surface area contributed by atoms with Gasteiger partial charge in [0.15, 0.2) is 0 Å². The molecule has 3 nitrogen and oxygen atoms in total. The molecule has 1 fully saturated rings. The first-order chi connectivity index (χ1) is 5.92. The van der Waals surface area contributed by atoms with E-state index in [2.05, 4.69) is 4.36 Å². The molecule has 1 aliphatic heterocycles. The van der Waals surface area contributed by atoms with Crippen LogP contribution in [0.25, 0.3) is 0 Å². The molecule has 0 bridgehead atoms. The highest BCUT2D eigenvalue weighted by atomic mass is 32.2. The molecule has 0 aromatic rings. The van der Waals surface area contributed by atoms with Gasteiger partial charge in [-0.25, -0.2) is 12.9 Å². The van der Waals surface area contributed by atoms with Gasteiger partial charge < -0.3 is 0 Å². The van der Waals surface area contributed by atoms with Crippen LogP contribution in [0.15, 0.2) is 4.36 Å². The van der Waals surface area contributed by atoms with Crippen molar-refractivity contribution in [2.24, 2.45) is 4.36 Å². The fourth-order valence-corrected chi connectivity index (χ4v) is 4.02. The molecule has 0 N–H and O–H groups in total. The van der Waals surface area contributed by atoms with E-state index in [1.165, 1.54) is 0 Å². The van der Waals surface area contributed by atoms with Gasteiger partial charge in [0, 0.05) is 20.1 Å². The van der Waals surface area contributed by atoms with E-state index in [-0.39, 0.29) is 4.75 Å². The van der Waals surface area contributed by atoms with E-state index >= 15 is 0 Å². The average molecular weight is 204 g/mol. The van der Waals surface area contributed by atoms with E-state index in [9.17, 15) is 4.21 Å². The fraction of sp³-hybridized carbons (Fsp3) is 1.00. The summed E-state index contributed by atoms with van der Waals surface area (Å²) in [5.74, 6) is 0. The highest BCUT2D eigenvalue weighted by molar-refractivity contribution is 7.92. The number of nitrogens with zero attached hydrogens (tertiary/aromatic N) is 2. The van der Waals surface area contributed by atoms with Gasteiger partial charge in [-0.1, -0.05) is 0 Å². The zero-order valence-corrected chi connectivity index (χ0v) is 9.86. The second kappa shape index (κ2) is 3.58. The normalized spacial score (nSPS) is 24.3. The summed E-state index contributed by atoms with van der Waals surface area (Å²) in [7, 11) is -0.491. The third-order valence-corrected chi connectivity index (χ3v) is 5.62. The van der Waals surface area contributed by atoms with Gasteiger partial charge in [-0.3, -0.25) is 0 Å². The van der Waals surface area contributed by atoms with E-state index in [1.807, 2.05) is 25.1 Å². The van der Waals surface area contributed by atoms with Gasteiger partial charge in [-0.2, -0.15) is 0 Å². The maximum atomic E-state index is 12.5. The molecule has 0 aromatic carbocycles.